The first-order valence-electron chi connectivity index (χ1n) is 13.1. The molecule has 6 aromatic rings. The molecule has 0 saturated carbocycles. The standard InChI is InChI=1S/C32H37N2S/c1-9-35(10-2,11-3)26-18-23-16-17-33(8)31-27-21(6)19(4)20(5)22(7)30(27)34-25-15-13-12-14-24(25)29(26)32(34)28(23)31/h12-18H,9-11H2,1-8H3/q+1. The molecule has 6 rings (SSSR count). The summed E-state index contributed by atoms with van der Waals surface area (Å²) in [5.41, 5.74) is 11.2. The first-order valence-corrected chi connectivity index (χ1v) is 15.2. The van der Waals surface area contributed by atoms with Crippen molar-refractivity contribution in [1.82, 2.24) is 4.40 Å². The zero-order chi connectivity index (χ0) is 24.8. The van der Waals surface area contributed by atoms with Gasteiger partial charge in [-0.05, 0) is 84.7 Å². The Morgan fingerprint density at radius 3 is 2.09 bits per heavy atom. The van der Waals surface area contributed by atoms with Crippen molar-refractivity contribution in [2.45, 2.75) is 53.4 Å². The average molecular weight is 482 g/mol. The number of hydrogen-bond acceptors (Lipinski definition) is 0. The van der Waals surface area contributed by atoms with Crippen LogP contribution in [0, 0.1) is 27.7 Å². The van der Waals surface area contributed by atoms with E-state index < -0.39 is 10.0 Å². The molecule has 3 aromatic carbocycles. The summed E-state index contributed by atoms with van der Waals surface area (Å²) >= 11 is 0. The monoisotopic (exact) mass is 481 g/mol. The summed E-state index contributed by atoms with van der Waals surface area (Å²) in [4.78, 5) is 1.61. The Balaban J connectivity index is 2.09. The van der Waals surface area contributed by atoms with E-state index in [1.54, 1.807) is 4.90 Å². The molecule has 0 amide bonds. The van der Waals surface area contributed by atoms with Crippen LogP contribution >= 0.6 is 10.0 Å². The van der Waals surface area contributed by atoms with Crippen molar-refractivity contribution in [2.75, 3.05) is 17.3 Å². The molecule has 35 heavy (non-hydrogen) atoms. The van der Waals surface area contributed by atoms with E-state index in [1.165, 1.54) is 88.5 Å². The summed E-state index contributed by atoms with van der Waals surface area (Å²) in [6.07, 6.45) is 2.28. The van der Waals surface area contributed by atoms with Gasteiger partial charge in [0, 0.05) is 21.7 Å². The van der Waals surface area contributed by atoms with Crippen LogP contribution in [-0.2, 0) is 7.05 Å². The minimum absolute atomic E-state index is 0.915. The van der Waals surface area contributed by atoms with Gasteiger partial charge in [-0.15, -0.1) is 0 Å². The van der Waals surface area contributed by atoms with Crippen LogP contribution in [0.3, 0.4) is 0 Å². The molecule has 0 saturated heterocycles. The fourth-order valence-electron chi connectivity index (χ4n) is 6.79. The molecule has 0 spiro atoms. The molecule has 3 heterocycles. The number of para-hydroxylation sites is 1. The summed E-state index contributed by atoms with van der Waals surface area (Å²) in [5, 5.41) is 7.12. The first kappa shape index (κ1) is 22.7. The minimum Gasteiger partial charge on any atom is -0.307 e. The van der Waals surface area contributed by atoms with Gasteiger partial charge in [0.05, 0.1) is 27.3 Å². The van der Waals surface area contributed by atoms with Crippen molar-refractivity contribution in [1.29, 1.82) is 0 Å². The van der Waals surface area contributed by atoms with Crippen molar-refractivity contribution in [3.05, 3.63) is 64.8 Å². The van der Waals surface area contributed by atoms with Crippen molar-refractivity contribution in [3.8, 4) is 0 Å². The summed E-state index contributed by atoms with van der Waals surface area (Å²) < 4.78 is 5.00. The molecule has 0 N–H and O–H groups in total. The molecule has 0 aliphatic rings. The van der Waals surface area contributed by atoms with Crippen LogP contribution < -0.4 is 4.57 Å². The van der Waals surface area contributed by atoms with E-state index in [9.17, 15) is 0 Å². The van der Waals surface area contributed by atoms with Gasteiger partial charge in [0.15, 0.2) is 6.20 Å². The van der Waals surface area contributed by atoms with Gasteiger partial charge in [0.25, 0.3) is 0 Å². The van der Waals surface area contributed by atoms with E-state index in [4.69, 9.17) is 0 Å². The van der Waals surface area contributed by atoms with Crippen LogP contribution in [-0.4, -0.2) is 21.7 Å². The molecular weight excluding hydrogens is 444 g/mol. The lowest BCUT2D eigenvalue weighted by molar-refractivity contribution is -0.643. The van der Waals surface area contributed by atoms with Gasteiger partial charge in [-0.3, -0.25) is 0 Å². The van der Waals surface area contributed by atoms with Gasteiger partial charge in [-0.25, -0.2) is 14.6 Å². The zero-order valence-electron chi connectivity index (χ0n) is 22.5. The number of pyridine rings is 2. The number of hydrogen-bond donors (Lipinski definition) is 0. The predicted octanol–water partition coefficient (Wildman–Crippen LogP) is 8.27. The van der Waals surface area contributed by atoms with Gasteiger partial charge in [-0.2, -0.15) is 0 Å². The molecule has 0 bridgehead atoms. The molecule has 0 fully saturated rings. The second-order valence-corrected chi connectivity index (χ2v) is 14.6. The van der Waals surface area contributed by atoms with E-state index in [-0.39, 0.29) is 0 Å². The molecule has 0 aliphatic carbocycles. The van der Waals surface area contributed by atoms with Crippen molar-refractivity contribution in [3.63, 3.8) is 0 Å². The summed E-state index contributed by atoms with van der Waals surface area (Å²) in [6.45, 7) is 16.5. The third kappa shape index (κ3) is 2.65. The van der Waals surface area contributed by atoms with Crippen molar-refractivity contribution >= 4 is 59.0 Å². The Bertz CT molecular complexity index is 1790. The third-order valence-electron chi connectivity index (χ3n) is 9.24. The molecular formula is C32H37N2S+. The quantitative estimate of drug-likeness (QED) is 0.136. The highest BCUT2D eigenvalue weighted by Crippen LogP contribution is 2.60. The topological polar surface area (TPSA) is 8.29 Å². The lowest BCUT2D eigenvalue weighted by atomic mass is 9.91. The second-order valence-electron chi connectivity index (χ2n) is 10.3. The van der Waals surface area contributed by atoms with Crippen LogP contribution in [0.15, 0.2) is 47.5 Å². The highest BCUT2D eigenvalue weighted by molar-refractivity contribution is 8.33. The van der Waals surface area contributed by atoms with Crippen LogP contribution in [0.25, 0.3) is 49.0 Å². The van der Waals surface area contributed by atoms with Gasteiger partial charge >= 0.3 is 0 Å². The van der Waals surface area contributed by atoms with Gasteiger partial charge in [0.1, 0.15) is 7.05 Å². The van der Waals surface area contributed by atoms with E-state index in [1.807, 2.05) is 0 Å². The number of aryl methyl sites for hydroxylation is 3. The average Bonchev–Trinajstić information content (AvgIpc) is 3.23. The lowest BCUT2D eigenvalue weighted by Gasteiger charge is -2.38. The Morgan fingerprint density at radius 2 is 1.40 bits per heavy atom. The van der Waals surface area contributed by atoms with E-state index >= 15 is 0 Å². The van der Waals surface area contributed by atoms with Crippen LogP contribution in [0.5, 0.6) is 0 Å². The van der Waals surface area contributed by atoms with E-state index in [0.29, 0.717) is 0 Å². The number of benzene rings is 3. The third-order valence-corrected chi connectivity index (χ3v) is 13.8. The summed E-state index contributed by atoms with van der Waals surface area (Å²) in [5.74, 6) is 3.71. The Kier molecular flexibility index (Phi) is 4.93. The Labute approximate surface area is 210 Å². The maximum Gasteiger partial charge on any atom is 0.224 e. The van der Waals surface area contributed by atoms with Crippen molar-refractivity contribution in [2.24, 2.45) is 7.05 Å². The Hall–Kier alpha value is -2.78. The number of nitrogens with zero attached hydrogens (tertiary/aromatic N) is 2. The highest BCUT2D eigenvalue weighted by atomic mass is 32.3. The first-order chi connectivity index (χ1) is 16.8. The number of fused-ring (bicyclic) bond motifs is 6. The molecule has 3 heteroatoms. The molecule has 0 atom stereocenters. The maximum atomic E-state index is 2.64. The molecule has 180 valence electrons. The summed E-state index contributed by atoms with van der Waals surface area (Å²) in [7, 11) is 1.31. The van der Waals surface area contributed by atoms with Gasteiger partial charge in [0.2, 0.25) is 5.52 Å². The fourth-order valence-corrected chi connectivity index (χ4v) is 9.96. The van der Waals surface area contributed by atoms with E-state index in [0.717, 1.165) is 0 Å². The van der Waals surface area contributed by atoms with Gasteiger partial charge in [-0.1, -0.05) is 39.0 Å². The van der Waals surface area contributed by atoms with Gasteiger partial charge < -0.3 is 4.40 Å². The molecule has 0 radical (unpaired) electrons. The molecule has 3 aromatic heterocycles. The molecule has 0 aliphatic heterocycles. The van der Waals surface area contributed by atoms with Crippen LogP contribution in [0.1, 0.15) is 43.0 Å². The van der Waals surface area contributed by atoms with E-state index in [2.05, 4.69) is 107 Å². The van der Waals surface area contributed by atoms with Crippen LogP contribution in [0.2, 0.25) is 0 Å². The van der Waals surface area contributed by atoms with Crippen molar-refractivity contribution < 1.29 is 4.57 Å². The molecule has 2 nitrogen and oxygen atoms in total. The maximum absolute atomic E-state index is 2.64. The largest absolute Gasteiger partial charge is 0.307 e. The number of rotatable bonds is 4. The smallest absolute Gasteiger partial charge is 0.224 e. The predicted molar refractivity (Wildman–Crippen MR) is 156 cm³/mol. The lowest BCUT2D eigenvalue weighted by Crippen LogP contribution is -2.29. The second kappa shape index (κ2) is 7.61. The normalized spacial score (nSPS) is 13.4. The zero-order valence-corrected chi connectivity index (χ0v) is 23.3. The number of aromatic nitrogens is 2. The minimum atomic E-state index is -0.915. The molecule has 0 unspecified atom stereocenters. The summed E-state index contributed by atoms with van der Waals surface area (Å²) in [6, 6.07) is 14.1. The van der Waals surface area contributed by atoms with Crippen LogP contribution in [0.4, 0.5) is 0 Å². The highest BCUT2D eigenvalue weighted by Gasteiger charge is 2.31. The Morgan fingerprint density at radius 1 is 0.743 bits per heavy atom. The SMILES string of the molecule is CCS(CC)(CC)c1cc2cc[n+](C)c3c4c(C)c(C)c(C)c(C)c4n4c5ccccc5c1c4c23. The fraction of sp³-hybridized carbons (Fsp3) is 0.344.